The van der Waals surface area contributed by atoms with Crippen LogP contribution in [0.1, 0.15) is 22.3 Å². The quantitative estimate of drug-likeness (QED) is 0.0687. The first-order chi connectivity index (χ1) is 24.9. The Labute approximate surface area is 296 Å². The molecule has 5 aromatic rings. The highest BCUT2D eigenvalue weighted by Gasteiger charge is 2.05. The van der Waals surface area contributed by atoms with Crippen LogP contribution in [0.15, 0.2) is 158 Å². The zero-order valence-corrected chi connectivity index (χ0v) is 28.5. The molecule has 0 radical (unpaired) electrons. The molecule has 0 spiro atoms. The number of hydrogen-bond donors (Lipinski definition) is 0. The molecule has 0 unspecified atom stereocenters. The van der Waals surface area contributed by atoms with Gasteiger partial charge in [0.05, 0.1) is 52.9 Å². The van der Waals surface area contributed by atoms with Gasteiger partial charge in [-0.25, -0.2) is 0 Å². The Morgan fingerprint density at radius 3 is 0.920 bits per heavy atom. The molecule has 0 atom stereocenters. The maximum atomic E-state index is 5.82. The minimum atomic E-state index is 0.456. The van der Waals surface area contributed by atoms with Gasteiger partial charge in [-0.1, -0.05) is 133 Å². The van der Waals surface area contributed by atoms with Gasteiger partial charge in [-0.15, -0.1) is 0 Å². The molecule has 5 aromatic carbocycles. The normalized spacial score (nSPS) is 10.7. The lowest BCUT2D eigenvalue weighted by Crippen LogP contribution is -2.11. The van der Waals surface area contributed by atoms with Crippen LogP contribution >= 0.6 is 0 Å². The van der Waals surface area contributed by atoms with Gasteiger partial charge in [0.25, 0.3) is 0 Å². The van der Waals surface area contributed by atoms with Crippen molar-refractivity contribution in [2.24, 2.45) is 0 Å². The first-order valence-electron chi connectivity index (χ1n) is 17.2. The van der Waals surface area contributed by atoms with Crippen molar-refractivity contribution >= 4 is 11.1 Å². The van der Waals surface area contributed by atoms with Gasteiger partial charge >= 0.3 is 0 Å². The van der Waals surface area contributed by atoms with Crippen molar-refractivity contribution in [1.29, 1.82) is 0 Å². The van der Waals surface area contributed by atoms with Gasteiger partial charge in [0.2, 0.25) is 0 Å². The molecule has 0 heterocycles. The molecule has 0 saturated heterocycles. The average molecular weight is 671 g/mol. The number of rotatable bonds is 22. The van der Waals surface area contributed by atoms with Gasteiger partial charge in [-0.3, -0.25) is 0 Å². The van der Waals surface area contributed by atoms with Crippen LogP contribution in [0, 0.1) is 0 Å². The first-order valence-corrected chi connectivity index (χ1v) is 17.2. The average Bonchev–Trinajstić information content (AvgIpc) is 3.18. The topological polar surface area (TPSA) is 55.4 Å². The molecule has 0 aromatic heterocycles. The molecular weight excluding hydrogens is 624 g/mol. The molecule has 5 rings (SSSR count). The third kappa shape index (κ3) is 12.8. The van der Waals surface area contributed by atoms with Gasteiger partial charge < -0.3 is 28.4 Å². The summed E-state index contributed by atoms with van der Waals surface area (Å²) in [6.07, 6.45) is 4.25. The summed E-state index contributed by atoms with van der Waals surface area (Å²) in [6, 6.07) is 49.0. The molecule has 0 aliphatic carbocycles. The van der Waals surface area contributed by atoms with E-state index in [9.17, 15) is 0 Å². The third-order valence-corrected chi connectivity index (χ3v) is 7.71. The Kier molecular flexibility index (Phi) is 15.9. The third-order valence-electron chi connectivity index (χ3n) is 7.71. The van der Waals surface area contributed by atoms with Gasteiger partial charge in [-0.2, -0.15) is 0 Å². The fourth-order valence-electron chi connectivity index (χ4n) is 5.24. The molecule has 0 N–H and O–H groups in total. The second-order valence-corrected chi connectivity index (χ2v) is 11.2. The van der Waals surface area contributed by atoms with E-state index in [2.05, 4.69) is 109 Å². The smallest absolute Gasteiger partial charge is 0.119 e. The second kappa shape index (κ2) is 21.9. The van der Waals surface area contributed by atoms with Crippen molar-refractivity contribution in [1.82, 2.24) is 0 Å². The SMILES string of the molecule is C(COCCOCCOc1ccc(OCCOCCOCC=C(c2ccccc2)c2ccccc2)cc1)=C(c1ccccc1)c1ccccc1. The van der Waals surface area contributed by atoms with Crippen LogP contribution in [-0.4, -0.2) is 66.1 Å². The Morgan fingerprint density at radius 2 is 0.600 bits per heavy atom. The van der Waals surface area contributed by atoms with Crippen LogP contribution in [-0.2, 0) is 18.9 Å². The Hall–Kier alpha value is -4.98. The molecule has 50 heavy (non-hydrogen) atoms. The van der Waals surface area contributed by atoms with Crippen LogP contribution in [0.2, 0.25) is 0 Å². The Bertz CT molecular complexity index is 1460. The van der Waals surface area contributed by atoms with Gasteiger partial charge in [-0.05, 0) is 57.7 Å². The van der Waals surface area contributed by atoms with Crippen molar-refractivity contribution in [2.75, 3.05) is 66.1 Å². The van der Waals surface area contributed by atoms with E-state index in [1.165, 1.54) is 22.3 Å². The van der Waals surface area contributed by atoms with Crippen molar-refractivity contribution in [3.8, 4) is 11.5 Å². The maximum absolute atomic E-state index is 5.82. The molecule has 0 aliphatic heterocycles. The van der Waals surface area contributed by atoms with E-state index < -0.39 is 0 Å². The highest BCUT2D eigenvalue weighted by atomic mass is 16.5. The fraction of sp³-hybridized carbons (Fsp3) is 0.227. The monoisotopic (exact) mass is 670 g/mol. The summed E-state index contributed by atoms with van der Waals surface area (Å²) >= 11 is 0. The van der Waals surface area contributed by atoms with Crippen molar-refractivity contribution in [2.45, 2.75) is 0 Å². The molecule has 0 fully saturated rings. The molecule has 258 valence electrons. The predicted octanol–water partition coefficient (Wildman–Crippen LogP) is 8.77. The molecule has 6 nitrogen and oxygen atoms in total. The van der Waals surface area contributed by atoms with Crippen LogP contribution < -0.4 is 9.47 Å². The van der Waals surface area contributed by atoms with Crippen LogP contribution in [0.25, 0.3) is 11.1 Å². The Balaban J connectivity index is 0.883. The summed E-state index contributed by atoms with van der Waals surface area (Å²) in [6.45, 7) is 4.93. The summed E-state index contributed by atoms with van der Waals surface area (Å²) < 4.78 is 34.6. The van der Waals surface area contributed by atoms with Gasteiger partial charge in [0.1, 0.15) is 24.7 Å². The van der Waals surface area contributed by atoms with E-state index in [0.717, 1.165) is 22.6 Å². The first kappa shape index (κ1) is 36.3. The van der Waals surface area contributed by atoms with E-state index in [1.54, 1.807) is 0 Å². The van der Waals surface area contributed by atoms with E-state index >= 15 is 0 Å². The highest BCUT2D eigenvalue weighted by molar-refractivity contribution is 5.80. The van der Waals surface area contributed by atoms with E-state index in [-0.39, 0.29) is 0 Å². The fourth-order valence-corrected chi connectivity index (χ4v) is 5.24. The van der Waals surface area contributed by atoms with Crippen LogP contribution in [0.4, 0.5) is 0 Å². The largest absolute Gasteiger partial charge is 0.491 e. The van der Waals surface area contributed by atoms with Crippen LogP contribution in [0.3, 0.4) is 0 Å². The summed E-state index contributed by atoms with van der Waals surface area (Å²) in [5, 5.41) is 0. The predicted molar refractivity (Wildman–Crippen MR) is 201 cm³/mol. The van der Waals surface area contributed by atoms with Gasteiger partial charge in [0, 0.05) is 0 Å². The van der Waals surface area contributed by atoms with E-state index in [0.29, 0.717) is 66.1 Å². The summed E-state index contributed by atoms with van der Waals surface area (Å²) in [7, 11) is 0. The zero-order valence-electron chi connectivity index (χ0n) is 28.5. The standard InChI is InChI=1S/C44H46O6/c1-5-13-37(14-6-1)43(38-15-7-2-8-16-38)25-27-45-29-31-47-33-35-49-41-21-23-42(24-22-41)50-36-34-48-32-30-46-28-26-44(39-17-9-3-10-18-39)40-19-11-4-12-20-40/h1-26H,27-36H2. The van der Waals surface area contributed by atoms with Crippen molar-refractivity contribution < 1.29 is 28.4 Å². The maximum Gasteiger partial charge on any atom is 0.119 e. The lowest BCUT2D eigenvalue weighted by Gasteiger charge is -2.11. The molecule has 0 amide bonds. The second-order valence-electron chi connectivity index (χ2n) is 11.2. The molecule has 0 bridgehead atoms. The lowest BCUT2D eigenvalue weighted by molar-refractivity contribution is 0.0445. The number of hydrogen-bond acceptors (Lipinski definition) is 6. The lowest BCUT2D eigenvalue weighted by atomic mass is 9.98. The van der Waals surface area contributed by atoms with Crippen molar-refractivity contribution in [3.05, 3.63) is 180 Å². The summed E-state index contributed by atoms with van der Waals surface area (Å²) in [5.74, 6) is 1.53. The molecule has 0 saturated carbocycles. The summed E-state index contributed by atoms with van der Waals surface area (Å²) in [5.41, 5.74) is 7.00. The molecular formula is C44H46O6. The van der Waals surface area contributed by atoms with Crippen molar-refractivity contribution in [3.63, 3.8) is 0 Å². The molecule has 6 heteroatoms. The van der Waals surface area contributed by atoms with Gasteiger partial charge in [0.15, 0.2) is 0 Å². The highest BCUT2D eigenvalue weighted by Crippen LogP contribution is 2.24. The summed E-state index contributed by atoms with van der Waals surface area (Å²) in [4.78, 5) is 0. The minimum Gasteiger partial charge on any atom is -0.491 e. The zero-order chi connectivity index (χ0) is 34.3. The number of ether oxygens (including phenoxy) is 6. The Morgan fingerprint density at radius 1 is 0.320 bits per heavy atom. The van der Waals surface area contributed by atoms with E-state index in [4.69, 9.17) is 28.4 Å². The van der Waals surface area contributed by atoms with E-state index in [1.807, 2.05) is 48.5 Å². The minimum absolute atomic E-state index is 0.456. The number of benzene rings is 5. The van der Waals surface area contributed by atoms with Crippen LogP contribution in [0.5, 0.6) is 11.5 Å². The molecule has 0 aliphatic rings.